The van der Waals surface area contributed by atoms with E-state index < -0.39 is 11.9 Å². The number of fused-ring (bicyclic) bond motifs is 2. The van der Waals surface area contributed by atoms with Gasteiger partial charge in [0.25, 0.3) is 0 Å². The molecule has 5 rings (SSSR count). The molecule has 0 aromatic heterocycles. The third-order valence-electron chi connectivity index (χ3n) is 8.20. The van der Waals surface area contributed by atoms with Crippen molar-refractivity contribution in [2.45, 2.75) is 74.5 Å². The Bertz CT molecular complexity index is 1510. The maximum atomic E-state index is 11.5. The lowest BCUT2D eigenvalue weighted by Crippen LogP contribution is -3.09. The van der Waals surface area contributed by atoms with Gasteiger partial charge in [0.1, 0.15) is 5.69 Å². The van der Waals surface area contributed by atoms with Crippen LogP contribution in [0.4, 0.5) is 11.4 Å². The average Bonchev–Trinajstić information content (AvgIpc) is 3.63. The van der Waals surface area contributed by atoms with Crippen LogP contribution in [0.15, 0.2) is 92.2 Å². The summed E-state index contributed by atoms with van der Waals surface area (Å²) in [5.41, 5.74) is 6.80. The monoisotopic (exact) mass is 602 g/mol. The number of rotatable bonds is 11. The number of carboxylic acid groups (broad SMARTS) is 2. The van der Waals surface area contributed by atoms with Crippen molar-refractivity contribution in [3.63, 3.8) is 0 Å². The average molecular weight is 603 g/mol. The second-order valence-electron chi connectivity index (χ2n) is 11.0. The molecule has 0 fully saturated rings. The van der Waals surface area contributed by atoms with Crippen LogP contribution in [0, 0.1) is 0 Å². The van der Waals surface area contributed by atoms with E-state index in [-0.39, 0.29) is 10.9 Å². The number of unbranched alkanes of at least 4 members (excludes halogenated alkanes) is 2. The van der Waals surface area contributed by atoms with Gasteiger partial charge in [-0.05, 0) is 91.3 Å². The van der Waals surface area contributed by atoms with Crippen molar-refractivity contribution in [2.75, 3.05) is 18.0 Å². The molecule has 0 saturated carbocycles. The fraction of sp³-hybridized carbons (Fsp3) is 0.353. The van der Waals surface area contributed by atoms with Gasteiger partial charge in [-0.1, -0.05) is 68.4 Å². The van der Waals surface area contributed by atoms with Crippen LogP contribution in [0.5, 0.6) is 0 Å². The molecule has 0 radical (unpaired) electrons. The summed E-state index contributed by atoms with van der Waals surface area (Å²) in [7, 11) is 0. The smallest absolute Gasteiger partial charge is 0.335 e. The van der Waals surface area contributed by atoms with E-state index in [2.05, 4.69) is 50.0 Å². The number of carboxylic acids is 2. The number of nitrogens with one attached hydrogen (secondary N) is 1. The SMILES string of the molecule is CCCCN1/C(=C/C=C2\CCC(/C=C/C3Sc4cc(C(=O)O)ccc4[NH+]3CCCC)=C2C)Sc2cc(C(=O)[O-])ccc21. The second kappa shape index (κ2) is 13.4. The first-order valence-corrected chi connectivity index (χ1v) is 16.5. The number of nitrogens with zero attached hydrogens (tertiary/aromatic N) is 1. The maximum absolute atomic E-state index is 11.5. The Balaban J connectivity index is 1.35. The molecule has 0 spiro atoms. The van der Waals surface area contributed by atoms with Gasteiger partial charge >= 0.3 is 5.97 Å². The van der Waals surface area contributed by atoms with Crippen LogP contribution in [0.25, 0.3) is 0 Å². The van der Waals surface area contributed by atoms with Gasteiger partial charge in [0, 0.05) is 17.5 Å². The van der Waals surface area contributed by atoms with E-state index in [0.29, 0.717) is 5.56 Å². The molecule has 220 valence electrons. The van der Waals surface area contributed by atoms with Crippen molar-refractivity contribution < 1.29 is 24.7 Å². The van der Waals surface area contributed by atoms with E-state index in [1.807, 2.05) is 18.2 Å². The van der Waals surface area contributed by atoms with E-state index in [1.165, 1.54) is 27.3 Å². The van der Waals surface area contributed by atoms with Crippen LogP contribution in [0.1, 0.15) is 80.0 Å². The second-order valence-corrected chi connectivity index (χ2v) is 13.2. The number of carbonyl (C=O) groups excluding carboxylic acids is 1. The number of aromatic carboxylic acids is 2. The Hall–Kier alpha value is -3.20. The predicted molar refractivity (Wildman–Crippen MR) is 170 cm³/mol. The Kier molecular flexibility index (Phi) is 9.66. The first kappa shape index (κ1) is 30.3. The number of hydrogen-bond acceptors (Lipinski definition) is 6. The molecular formula is C34H38N2O4S2. The highest BCUT2D eigenvalue weighted by atomic mass is 32.2. The van der Waals surface area contributed by atoms with Crippen molar-refractivity contribution in [3.05, 3.63) is 93.6 Å². The van der Waals surface area contributed by atoms with Crippen LogP contribution in [-0.4, -0.2) is 35.5 Å². The number of hydrogen-bond donors (Lipinski definition) is 2. The Morgan fingerprint density at radius 1 is 1.05 bits per heavy atom. The Labute approximate surface area is 256 Å². The Morgan fingerprint density at radius 3 is 2.55 bits per heavy atom. The van der Waals surface area contributed by atoms with Gasteiger partial charge < -0.3 is 19.9 Å². The number of quaternary nitrogens is 1. The van der Waals surface area contributed by atoms with Crippen LogP contribution in [0.2, 0.25) is 0 Å². The molecule has 6 nitrogen and oxygen atoms in total. The first-order valence-electron chi connectivity index (χ1n) is 14.8. The zero-order valence-corrected chi connectivity index (χ0v) is 26.1. The largest absolute Gasteiger partial charge is 0.545 e. The van der Waals surface area contributed by atoms with Crippen molar-refractivity contribution in [3.8, 4) is 0 Å². The van der Waals surface area contributed by atoms with Gasteiger partial charge in [-0.15, -0.1) is 0 Å². The number of benzene rings is 2. The molecule has 8 heteroatoms. The molecule has 0 bridgehead atoms. The summed E-state index contributed by atoms with van der Waals surface area (Å²) >= 11 is 3.38. The van der Waals surface area contributed by atoms with Gasteiger partial charge in [-0.3, -0.25) is 4.90 Å². The minimum Gasteiger partial charge on any atom is -0.545 e. The van der Waals surface area contributed by atoms with Crippen LogP contribution < -0.4 is 14.9 Å². The summed E-state index contributed by atoms with van der Waals surface area (Å²) in [6.45, 7) is 8.50. The molecule has 2 aromatic rings. The quantitative estimate of drug-likeness (QED) is 0.310. The number of thioether (sulfide) groups is 2. The van der Waals surface area contributed by atoms with Crippen LogP contribution in [0.3, 0.4) is 0 Å². The molecule has 42 heavy (non-hydrogen) atoms. The van der Waals surface area contributed by atoms with Gasteiger partial charge in [0.15, 0.2) is 5.37 Å². The lowest BCUT2D eigenvalue weighted by molar-refractivity contribution is -0.835. The number of carbonyl (C=O) groups is 2. The van der Waals surface area contributed by atoms with Crippen LogP contribution in [-0.2, 0) is 0 Å². The summed E-state index contributed by atoms with van der Waals surface area (Å²) in [6.07, 6.45) is 15.4. The zero-order valence-electron chi connectivity index (χ0n) is 24.4. The molecule has 2 N–H and O–H groups in total. The van der Waals surface area contributed by atoms with E-state index in [1.54, 1.807) is 41.7 Å². The van der Waals surface area contributed by atoms with Gasteiger partial charge in [-0.25, -0.2) is 4.79 Å². The Morgan fingerprint density at radius 2 is 1.81 bits per heavy atom. The number of allylic oxidation sites excluding steroid dienone is 6. The molecule has 2 aliphatic heterocycles. The molecule has 2 aromatic carbocycles. The molecule has 2 atom stereocenters. The third-order valence-corrected chi connectivity index (χ3v) is 10.6. The third kappa shape index (κ3) is 6.41. The molecule has 1 aliphatic carbocycles. The lowest BCUT2D eigenvalue weighted by atomic mass is 10.1. The summed E-state index contributed by atoms with van der Waals surface area (Å²) in [5.74, 6) is -2.03. The normalized spacial score (nSPS) is 21.6. The summed E-state index contributed by atoms with van der Waals surface area (Å²) in [5, 5.41) is 22.2. The highest BCUT2D eigenvalue weighted by Crippen LogP contribution is 2.47. The molecule has 0 amide bonds. The molecule has 0 saturated heterocycles. The lowest BCUT2D eigenvalue weighted by Gasteiger charge is -2.20. The van der Waals surface area contributed by atoms with Crippen molar-refractivity contribution in [2.24, 2.45) is 0 Å². The standard InChI is InChI=1S/C34H38N2O4S2/c1-4-6-18-35-27-14-10-25(33(37)38)20-29(27)41-31(35)16-12-23-8-9-24(22(23)3)13-17-32-36(19-7-5-2)28-15-11-26(34(39)40)21-30(28)42-32/h10-17,20-21,31H,4-9,18-19H2,1-3H3,(H,37,38)(H,39,40)/b16-12+,24-13+,32-17-. The maximum Gasteiger partial charge on any atom is 0.335 e. The highest BCUT2D eigenvalue weighted by Gasteiger charge is 2.34. The molecular weight excluding hydrogens is 565 g/mol. The van der Waals surface area contributed by atoms with Crippen LogP contribution >= 0.6 is 23.5 Å². The zero-order chi connectivity index (χ0) is 29.8. The molecule has 2 heterocycles. The minimum atomic E-state index is -1.15. The fourth-order valence-electron chi connectivity index (χ4n) is 5.72. The van der Waals surface area contributed by atoms with E-state index >= 15 is 0 Å². The summed E-state index contributed by atoms with van der Waals surface area (Å²) in [6, 6.07) is 10.8. The van der Waals surface area contributed by atoms with Crippen molar-refractivity contribution in [1.29, 1.82) is 0 Å². The van der Waals surface area contributed by atoms with E-state index in [9.17, 15) is 19.8 Å². The first-order chi connectivity index (χ1) is 20.3. The van der Waals surface area contributed by atoms with Crippen molar-refractivity contribution in [1.82, 2.24) is 0 Å². The summed E-state index contributed by atoms with van der Waals surface area (Å²) in [4.78, 5) is 28.7. The highest BCUT2D eigenvalue weighted by molar-refractivity contribution is 8.03. The molecule has 2 unspecified atom stereocenters. The summed E-state index contributed by atoms with van der Waals surface area (Å²) < 4.78 is 0. The minimum absolute atomic E-state index is 0.211. The molecule has 3 aliphatic rings. The van der Waals surface area contributed by atoms with Gasteiger partial charge in [0.2, 0.25) is 0 Å². The van der Waals surface area contributed by atoms with E-state index in [0.717, 1.165) is 72.1 Å². The van der Waals surface area contributed by atoms with E-state index in [4.69, 9.17) is 0 Å². The fourth-order valence-corrected chi connectivity index (χ4v) is 8.19. The van der Waals surface area contributed by atoms with Gasteiger partial charge in [-0.2, -0.15) is 0 Å². The predicted octanol–water partition coefficient (Wildman–Crippen LogP) is 6.34. The number of anilines is 1. The van der Waals surface area contributed by atoms with Crippen molar-refractivity contribution >= 4 is 46.8 Å². The van der Waals surface area contributed by atoms with Gasteiger partial charge in [0.05, 0.1) is 33.7 Å². The topological polar surface area (TPSA) is 85.1 Å².